The predicted octanol–water partition coefficient (Wildman–Crippen LogP) is 1.85. The molecule has 0 radical (unpaired) electrons. The topological polar surface area (TPSA) is 57.7 Å². The van der Waals surface area contributed by atoms with E-state index in [0.717, 1.165) is 12.8 Å². The van der Waals surface area contributed by atoms with Crippen LogP contribution in [0.1, 0.15) is 53.4 Å². The minimum Gasteiger partial charge on any atom is -0.341 e. The first-order valence-electron chi connectivity index (χ1n) is 8.42. The molecule has 0 N–H and O–H groups in total. The number of carbonyl (C=O) groups excluding carboxylic acids is 3. The number of ketones is 1. The Balaban J connectivity index is 2.39. The molecular weight excluding hydrogens is 280 g/mol. The summed E-state index contributed by atoms with van der Waals surface area (Å²) < 4.78 is 0. The van der Waals surface area contributed by atoms with E-state index in [0.29, 0.717) is 39.0 Å². The highest BCUT2D eigenvalue weighted by Crippen LogP contribution is 2.45. The van der Waals surface area contributed by atoms with E-state index in [-0.39, 0.29) is 17.6 Å². The smallest absolute Gasteiger partial charge is 0.222 e. The Morgan fingerprint density at radius 3 is 1.77 bits per heavy atom. The van der Waals surface area contributed by atoms with Gasteiger partial charge in [-0.2, -0.15) is 0 Å². The molecule has 2 rings (SSSR count). The van der Waals surface area contributed by atoms with Gasteiger partial charge in [0.25, 0.3) is 0 Å². The summed E-state index contributed by atoms with van der Waals surface area (Å²) in [6.45, 7) is 9.51. The Labute approximate surface area is 133 Å². The van der Waals surface area contributed by atoms with E-state index in [2.05, 4.69) is 6.92 Å². The van der Waals surface area contributed by atoms with E-state index in [1.165, 1.54) is 0 Å². The molecule has 124 valence electrons. The highest BCUT2D eigenvalue weighted by atomic mass is 16.2. The van der Waals surface area contributed by atoms with Gasteiger partial charge in [0.1, 0.15) is 0 Å². The van der Waals surface area contributed by atoms with Crippen molar-refractivity contribution in [1.82, 2.24) is 9.80 Å². The van der Waals surface area contributed by atoms with Gasteiger partial charge in [0.2, 0.25) is 11.8 Å². The molecule has 2 bridgehead atoms. The van der Waals surface area contributed by atoms with E-state index in [4.69, 9.17) is 0 Å². The monoisotopic (exact) mass is 308 g/mol. The first kappa shape index (κ1) is 17.0. The molecule has 0 aromatic heterocycles. The van der Waals surface area contributed by atoms with E-state index < -0.39 is 10.8 Å². The van der Waals surface area contributed by atoms with Gasteiger partial charge >= 0.3 is 0 Å². The summed E-state index contributed by atoms with van der Waals surface area (Å²) in [6.07, 6.45) is 2.54. The van der Waals surface area contributed by atoms with Crippen LogP contribution in [0.3, 0.4) is 0 Å². The number of rotatable bonds is 4. The Bertz CT molecular complexity index is 458. The normalized spacial score (nSPS) is 31.4. The lowest BCUT2D eigenvalue weighted by Crippen LogP contribution is -2.70. The van der Waals surface area contributed by atoms with Crippen LogP contribution >= 0.6 is 0 Å². The second kappa shape index (κ2) is 6.01. The summed E-state index contributed by atoms with van der Waals surface area (Å²) in [7, 11) is 0. The van der Waals surface area contributed by atoms with Gasteiger partial charge in [0.15, 0.2) is 5.78 Å². The van der Waals surface area contributed by atoms with Crippen LogP contribution in [0.25, 0.3) is 0 Å². The van der Waals surface area contributed by atoms with Crippen molar-refractivity contribution >= 4 is 17.6 Å². The third-order valence-corrected chi connectivity index (χ3v) is 5.14. The molecule has 0 saturated carbocycles. The Hall–Kier alpha value is -1.39. The van der Waals surface area contributed by atoms with Gasteiger partial charge in [0.05, 0.1) is 10.8 Å². The molecule has 2 aliphatic heterocycles. The number of hydrogen-bond acceptors (Lipinski definition) is 3. The lowest BCUT2D eigenvalue weighted by Gasteiger charge is -2.56. The molecule has 0 aliphatic carbocycles. The number of carbonyl (C=O) groups is 3. The fourth-order valence-corrected chi connectivity index (χ4v) is 4.26. The second-order valence-corrected chi connectivity index (χ2v) is 7.13. The fourth-order valence-electron chi connectivity index (χ4n) is 4.26. The van der Waals surface area contributed by atoms with Crippen molar-refractivity contribution in [2.45, 2.75) is 53.4 Å². The van der Waals surface area contributed by atoms with Gasteiger partial charge in [-0.1, -0.05) is 27.2 Å². The number of Topliss-reactive ketones (excluding diaryl/α,β-unsaturated/α-hetero) is 1. The predicted molar refractivity (Wildman–Crippen MR) is 84.2 cm³/mol. The highest BCUT2D eigenvalue weighted by Gasteiger charge is 2.58. The molecule has 2 saturated heterocycles. The van der Waals surface area contributed by atoms with E-state index >= 15 is 0 Å². The molecule has 0 atom stereocenters. The summed E-state index contributed by atoms with van der Waals surface area (Å²) >= 11 is 0. The Morgan fingerprint density at radius 2 is 1.41 bits per heavy atom. The van der Waals surface area contributed by atoms with Crippen molar-refractivity contribution < 1.29 is 14.4 Å². The molecule has 2 fully saturated rings. The van der Waals surface area contributed by atoms with Gasteiger partial charge < -0.3 is 9.80 Å². The van der Waals surface area contributed by atoms with Crippen LogP contribution in [0.2, 0.25) is 0 Å². The summed E-state index contributed by atoms with van der Waals surface area (Å²) in [4.78, 5) is 41.2. The average molecular weight is 308 g/mol. The molecule has 2 aliphatic rings. The molecule has 22 heavy (non-hydrogen) atoms. The number of nitrogens with zero attached hydrogens (tertiary/aromatic N) is 2. The SMILES string of the molecule is CCCC12CN(C(=O)CC)CC(C)(CN(C(=O)CC)C1)C2=O. The molecule has 2 amide bonds. The molecular formula is C17H28N2O3. The quantitative estimate of drug-likeness (QED) is 0.796. The maximum Gasteiger partial charge on any atom is 0.222 e. The molecule has 5 heteroatoms. The summed E-state index contributed by atoms with van der Waals surface area (Å²) in [5.74, 6) is 0.464. The largest absolute Gasteiger partial charge is 0.341 e. The first-order valence-corrected chi connectivity index (χ1v) is 8.42. The van der Waals surface area contributed by atoms with E-state index in [9.17, 15) is 14.4 Å². The van der Waals surface area contributed by atoms with Gasteiger partial charge in [-0.05, 0) is 13.3 Å². The molecule has 2 heterocycles. The lowest BCUT2D eigenvalue weighted by molar-refractivity contribution is -0.168. The zero-order valence-corrected chi connectivity index (χ0v) is 14.3. The number of piperidine rings is 2. The zero-order chi connectivity index (χ0) is 16.5. The third-order valence-electron chi connectivity index (χ3n) is 5.14. The van der Waals surface area contributed by atoms with Crippen molar-refractivity contribution in [2.24, 2.45) is 10.8 Å². The van der Waals surface area contributed by atoms with Crippen LogP contribution in [-0.4, -0.2) is 53.6 Å². The zero-order valence-electron chi connectivity index (χ0n) is 14.3. The van der Waals surface area contributed by atoms with Crippen molar-refractivity contribution in [3.63, 3.8) is 0 Å². The highest BCUT2D eigenvalue weighted by molar-refractivity contribution is 5.95. The maximum absolute atomic E-state index is 13.1. The minimum absolute atomic E-state index is 0.106. The lowest BCUT2D eigenvalue weighted by atomic mass is 9.61. The molecule has 0 aromatic rings. The van der Waals surface area contributed by atoms with E-state index in [1.807, 2.05) is 30.6 Å². The maximum atomic E-state index is 13.1. The van der Waals surface area contributed by atoms with Gasteiger partial charge in [0, 0.05) is 39.0 Å². The first-order chi connectivity index (χ1) is 10.3. The second-order valence-electron chi connectivity index (χ2n) is 7.13. The van der Waals surface area contributed by atoms with Crippen molar-refractivity contribution in [2.75, 3.05) is 26.2 Å². The molecule has 0 spiro atoms. The Kier molecular flexibility index (Phi) is 4.64. The van der Waals surface area contributed by atoms with Crippen LogP contribution in [0.5, 0.6) is 0 Å². The number of likely N-dealkylation sites (tertiary alicyclic amines) is 2. The van der Waals surface area contributed by atoms with Crippen LogP contribution < -0.4 is 0 Å². The molecule has 5 nitrogen and oxygen atoms in total. The summed E-state index contributed by atoms with van der Waals surface area (Å²) in [6, 6.07) is 0. The summed E-state index contributed by atoms with van der Waals surface area (Å²) in [5, 5.41) is 0. The van der Waals surface area contributed by atoms with Crippen molar-refractivity contribution in [1.29, 1.82) is 0 Å². The summed E-state index contributed by atoms with van der Waals surface area (Å²) in [5.41, 5.74) is -1.20. The molecule has 0 unspecified atom stereocenters. The number of hydrogen-bond donors (Lipinski definition) is 0. The number of fused-ring (bicyclic) bond motifs is 2. The van der Waals surface area contributed by atoms with Crippen LogP contribution in [0.4, 0.5) is 0 Å². The van der Waals surface area contributed by atoms with E-state index in [1.54, 1.807) is 0 Å². The molecule has 0 aromatic carbocycles. The minimum atomic E-state index is -0.624. The number of amides is 2. The van der Waals surface area contributed by atoms with Crippen LogP contribution in [0.15, 0.2) is 0 Å². The average Bonchev–Trinajstić information content (AvgIpc) is 2.48. The van der Waals surface area contributed by atoms with Gasteiger partial charge in [-0.15, -0.1) is 0 Å². The van der Waals surface area contributed by atoms with Crippen molar-refractivity contribution in [3.05, 3.63) is 0 Å². The third kappa shape index (κ3) is 2.66. The Morgan fingerprint density at radius 1 is 0.955 bits per heavy atom. The van der Waals surface area contributed by atoms with Gasteiger partial charge in [-0.3, -0.25) is 14.4 Å². The van der Waals surface area contributed by atoms with Crippen LogP contribution in [0, 0.1) is 10.8 Å². The van der Waals surface area contributed by atoms with Crippen LogP contribution in [-0.2, 0) is 14.4 Å². The van der Waals surface area contributed by atoms with Crippen molar-refractivity contribution in [3.8, 4) is 0 Å². The fraction of sp³-hybridized carbons (Fsp3) is 0.824. The van der Waals surface area contributed by atoms with Gasteiger partial charge in [-0.25, -0.2) is 0 Å². The standard InChI is InChI=1S/C17H28N2O3/c1-5-8-17-11-18(13(20)6-2)9-16(4,15(17)22)10-19(12-17)14(21)7-3/h5-12H2,1-4H3.